The zero-order valence-corrected chi connectivity index (χ0v) is 7.19. The van der Waals surface area contributed by atoms with Gasteiger partial charge in [-0.25, -0.2) is 0 Å². The molecule has 2 atom stereocenters. The quantitative estimate of drug-likeness (QED) is 0.569. The maximum Gasteiger partial charge on any atom is 0.239 e. The van der Waals surface area contributed by atoms with Crippen molar-refractivity contribution < 1.29 is 9.59 Å². The molecular weight excluding hydrogens is 156 g/mol. The number of carbonyl (C=O) groups is 2. The zero-order chi connectivity index (χ0) is 9.14. The van der Waals surface area contributed by atoms with E-state index in [0.29, 0.717) is 6.54 Å². The van der Waals surface area contributed by atoms with Crippen molar-refractivity contribution in [1.82, 2.24) is 4.90 Å². The Balaban J connectivity index is 2.61. The number of carbonyl (C=O) groups excluding carboxylic acids is 2. The molecule has 4 heteroatoms. The molecule has 0 aliphatic carbocycles. The lowest BCUT2D eigenvalue weighted by atomic mass is 10.2. The highest BCUT2D eigenvalue weighted by Crippen LogP contribution is 2.15. The highest BCUT2D eigenvalue weighted by Gasteiger charge is 2.29. The van der Waals surface area contributed by atoms with Crippen LogP contribution in [0.4, 0.5) is 0 Å². The second-order valence-corrected chi connectivity index (χ2v) is 3.17. The van der Waals surface area contributed by atoms with Crippen LogP contribution in [0.25, 0.3) is 0 Å². The van der Waals surface area contributed by atoms with E-state index in [-0.39, 0.29) is 11.9 Å². The maximum atomic E-state index is 11.4. The lowest BCUT2D eigenvalue weighted by Gasteiger charge is -2.22. The predicted molar refractivity (Wildman–Crippen MR) is 44.4 cm³/mol. The summed E-state index contributed by atoms with van der Waals surface area (Å²) in [5, 5.41) is 0. The average molecular weight is 170 g/mol. The summed E-state index contributed by atoms with van der Waals surface area (Å²) in [5.41, 5.74) is 5.43. The Hall–Kier alpha value is -0.900. The minimum absolute atomic E-state index is 0.121. The van der Waals surface area contributed by atoms with Crippen molar-refractivity contribution in [2.45, 2.75) is 31.8 Å². The molecule has 2 N–H and O–H groups in total. The van der Waals surface area contributed by atoms with Gasteiger partial charge in [0.2, 0.25) is 5.91 Å². The van der Waals surface area contributed by atoms with Crippen LogP contribution in [-0.2, 0) is 9.59 Å². The van der Waals surface area contributed by atoms with E-state index in [1.54, 1.807) is 11.8 Å². The van der Waals surface area contributed by atoms with Crippen LogP contribution < -0.4 is 5.73 Å². The first-order valence-corrected chi connectivity index (χ1v) is 4.18. The lowest BCUT2D eigenvalue weighted by Crippen LogP contribution is -2.45. The third kappa shape index (κ3) is 1.64. The zero-order valence-electron chi connectivity index (χ0n) is 7.19. The molecule has 4 nitrogen and oxygen atoms in total. The number of rotatable bonds is 2. The first-order chi connectivity index (χ1) is 5.66. The third-order valence-electron chi connectivity index (χ3n) is 2.13. The number of likely N-dealkylation sites (tertiary alicyclic amines) is 1. The Morgan fingerprint density at radius 2 is 2.42 bits per heavy atom. The van der Waals surface area contributed by atoms with Crippen molar-refractivity contribution in [3.05, 3.63) is 0 Å². The van der Waals surface area contributed by atoms with Crippen LogP contribution in [0.15, 0.2) is 0 Å². The molecule has 0 aromatic carbocycles. The summed E-state index contributed by atoms with van der Waals surface area (Å²) in [6.45, 7) is 2.31. The van der Waals surface area contributed by atoms with E-state index in [4.69, 9.17) is 5.73 Å². The van der Waals surface area contributed by atoms with Crippen LogP contribution in [-0.4, -0.2) is 35.7 Å². The van der Waals surface area contributed by atoms with Gasteiger partial charge in [0.25, 0.3) is 0 Å². The second-order valence-electron chi connectivity index (χ2n) is 3.17. The van der Waals surface area contributed by atoms with Gasteiger partial charge in [0.15, 0.2) is 0 Å². The molecule has 0 bridgehead atoms. The summed E-state index contributed by atoms with van der Waals surface area (Å²) in [6, 6.07) is -0.728. The Morgan fingerprint density at radius 1 is 1.75 bits per heavy atom. The topological polar surface area (TPSA) is 63.4 Å². The molecule has 1 rings (SSSR count). The van der Waals surface area contributed by atoms with Gasteiger partial charge in [-0.15, -0.1) is 0 Å². The monoisotopic (exact) mass is 170 g/mol. The molecular formula is C8H14N2O2. The molecule has 1 amide bonds. The van der Waals surface area contributed by atoms with Crippen molar-refractivity contribution >= 4 is 12.2 Å². The molecule has 0 aromatic heterocycles. The minimum atomic E-state index is -0.495. The molecule has 0 radical (unpaired) electrons. The van der Waals surface area contributed by atoms with Crippen LogP contribution in [0.5, 0.6) is 0 Å². The maximum absolute atomic E-state index is 11.4. The molecule has 1 aliphatic heterocycles. The fourth-order valence-electron chi connectivity index (χ4n) is 1.47. The van der Waals surface area contributed by atoms with Crippen molar-refractivity contribution in [1.29, 1.82) is 0 Å². The average Bonchev–Trinajstić information content (AvgIpc) is 2.49. The van der Waals surface area contributed by atoms with Gasteiger partial charge in [-0.1, -0.05) is 0 Å². The van der Waals surface area contributed by atoms with Crippen LogP contribution in [0.1, 0.15) is 19.8 Å². The Labute approximate surface area is 71.7 Å². The van der Waals surface area contributed by atoms with Crippen LogP contribution in [0.2, 0.25) is 0 Å². The van der Waals surface area contributed by atoms with Crippen LogP contribution in [0, 0.1) is 0 Å². The van der Waals surface area contributed by atoms with Crippen molar-refractivity contribution in [2.24, 2.45) is 5.73 Å². The highest BCUT2D eigenvalue weighted by atomic mass is 16.2. The minimum Gasteiger partial charge on any atom is -0.332 e. The molecule has 1 unspecified atom stereocenters. The Kier molecular flexibility index (Phi) is 2.81. The van der Waals surface area contributed by atoms with Crippen molar-refractivity contribution in [3.63, 3.8) is 0 Å². The van der Waals surface area contributed by atoms with Crippen LogP contribution in [0.3, 0.4) is 0 Å². The van der Waals surface area contributed by atoms with Gasteiger partial charge in [-0.3, -0.25) is 4.79 Å². The fraction of sp³-hybridized carbons (Fsp3) is 0.750. The van der Waals surface area contributed by atoms with Gasteiger partial charge in [0, 0.05) is 6.54 Å². The molecule has 12 heavy (non-hydrogen) atoms. The standard InChI is InChI=1S/C8H14N2O2/c1-6(9)8(12)10-4-2-3-7(10)5-11/h5-7H,2-4,9H2,1H3/t6?,7-/m0/s1. The summed E-state index contributed by atoms with van der Waals surface area (Å²) in [6.07, 6.45) is 2.51. The van der Waals surface area contributed by atoms with Gasteiger partial charge >= 0.3 is 0 Å². The van der Waals surface area contributed by atoms with E-state index in [0.717, 1.165) is 19.1 Å². The molecule has 0 aromatic rings. The van der Waals surface area contributed by atoms with Crippen molar-refractivity contribution in [2.75, 3.05) is 6.54 Å². The first kappa shape index (κ1) is 9.19. The van der Waals surface area contributed by atoms with Gasteiger partial charge < -0.3 is 15.4 Å². The summed E-state index contributed by atoms with van der Waals surface area (Å²) >= 11 is 0. The van der Waals surface area contributed by atoms with Gasteiger partial charge in [0.1, 0.15) is 6.29 Å². The normalized spacial score (nSPS) is 25.5. The lowest BCUT2D eigenvalue weighted by molar-refractivity contribution is -0.135. The molecule has 0 spiro atoms. The Bertz CT molecular complexity index is 191. The number of hydrogen-bond acceptors (Lipinski definition) is 3. The SMILES string of the molecule is CC(N)C(=O)N1CCC[C@H]1C=O. The number of amides is 1. The van der Waals surface area contributed by atoms with E-state index >= 15 is 0 Å². The van der Waals surface area contributed by atoms with E-state index in [9.17, 15) is 9.59 Å². The van der Waals surface area contributed by atoms with Gasteiger partial charge in [0.05, 0.1) is 12.1 Å². The fourth-order valence-corrected chi connectivity index (χ4v) is 1.47. The molecule has 1 heterocycles. The summed E-state index contributed by atoms with van der Waals surface area (Å²) in [5.74, 6) is -0.121. The smallest absolute Gasteiger partial charge is 0.239 e. The molecule has 1 fully saturated rings. The molecule has 0 saturated carbocycles. The highest BCUT2D eigenvalue weighted by molar-refractivity contribution is 5.84. The van der Waals surface area contributed by atoms with E-state index < -0.39 is 6.04 Å². The molecule has 68 valence electrons. The number of nitrogens with zero attached hydrogens (tertiary/aromatic N) is 1. The van der Waals surface area contributed by atoms with Gasteiger partial charge in [-0.05, 0) is 19.8 Å². The summed E-state index contributed by atoms with van der Waals surface area (Å²) < 4.78 is 0. The number of hydrogen-bond donors (Lipinski definition) is 1. The van der Waals surface area contributed by atoms with Crippen LogP contribution >= 0.6 is 0 Å². The number of nitrogens with two attached hydrogens (primary N) is 1. The number of aldehydes is 1. The second kappa shape index (κ2) is 3.67. The van der Waals surface area contributed by atoms with E-state index in [2.05, 4.69) is 0 Å². The summed E-state index contributed by atoms with van der Waals surface area (Å²) in [4.78, 5) is 23.4. The largest absolute Gasteiger partial charge is 0.332 e. The molecule has 1 saturated heterocycles. The Morgan fingerprint density at radius 3 is 2.92 bits per heavy atom. The van der Waals surface area contributed by atoms with E-state index in [1.165, 1.54) is 0 Å². The molecule has 1 aliphatic rings. The van der Waals surface area contributed by atoms with E-state index in [1.807, 2.05) is 0 Å². The van der Waals surface area contributed by atoms with Gasteiger partial charge in [-0.2, -0.15) is 0 Å². The third-order valence-corrected chi connectivity index (χ3v) is 2.13. The van der Waals surface area contributed by atoms with Crippen molar-refractivity contribution in [3.8, 4) is 0 Å². The summed E-state index contributed by atoms with van der Waals surface area (Å²) in [7, 11) is 0. The predicted octanol–water partition coefficient (Wildman–Crippen LogP) is -0.476. The first-order valence-electron chi connectivity index (χ1n) is 4.18.